The average Bonchev–Trinajstić information content (AvgIpc) is 2.33. The number of fused-ring (bicyclic) bond motifs is 1. The van der Waals surface area contributed by atoms with Crippen molar-refractivity contribution in [1.29, 1.82) is 0 Å². The normalized spacial score (nSPS) is 10.2. The molecule has 0 bridgehead atoms. The van der Waals surface area contributed by atoms with E-state index in [1.807, 2.05) is 0 Å². The molecule has 0 aliphatic carbocycles. The maximum atomic E-state index is 3.91. The van der Waals surface area contributed by atoms with Crippen molar-refractivity contribution in [3.05, 3.63) is 18.7 Å². The minimum Gasteiger partial charge on any atom is -0.274 e. The lowest BCUT2D eigenvalue weighted by Crippen LogP contribution is -1.75. The number of nitrogens with zero attached hydrogens (tertiary/aromatic N) is 3. The van der Waals surface area contributed by atoms with E-state index in [0.29, 0.717) is 0 Å². The Bertz CT molecular complexity index is 283. The predicted octanol–water partition coefficient (Wildman–Crippen LogP) is 0.153. The Morgan fingerprint density at radius 3 is 3.44 bits per heavy atom. The smallest absolute Gasteiger partial charge is 0.120 e. The Labute approximate surface area is 50.9 Å². The second-order valence-corrected chi connectivity index (χ2v) is 1.62. The van der Waals surface area contributed by atoms with E-state index >= 15 is 0 Å². The van der Waals surface area contributed by atoms with Crippen molar-refractivity contribution in [1.82, 2.24) is 20.2 Å². The summed E-state index contributed by atoms with van der Waals surface area (Å²) in [7, 11) is 0. The standard InChI is InChI=1S/C5H3N4/c1-5-4(2-8-9-5)7-3-6-1/h2-3H,(H,8,9). The van der Waals surface area contributed by atoms with E-state index in [2.05, 4.69) is 26.4 Å². The number of hydrogen-bond acceptors (Lipinski definition) is 3. The van der Waals surface area contributed by atoms with Crippen LogP contribution in [0.4, 0.5) is 0 Å². The van der Waals surface area contributed by atoms with Crippen molar-refractivity contribution in [2.24, 2.45) is 0 Å². The van der Waals surface area contributed by atoms with Crippen molar-refractivity contribution in [2.75, 3.05) is 0 Å². The van der Waals surface area contributed by atoms with Crippen LogP contribution >= 0.6 is 0 Å². The van der Waals surface area contributed by atoms with Gasteiger partial charge in [-0.15, -0.1) is 0 Å². The van der Waals surface area contributed by atoms with E-state index in [1.54, 1.807) is 6.20 Å². The molecule has 4 nitrogen and oxygen atoms in total. The highest BCUT2D eigenvalue weighted by atomic mass is 15.1. The summed E-state index contributed by atoms with van der Waals surface area (Å²) in [5, 5.41) is 6.43. The molecule has 0 atom stereocenters. The zero-order valence-corrected chi connectivity index (χ0v) is 4.50. The zero-order chi connectivity index (χ0) is 6.10. The molecule has 2 rings (SSSR count). The Morgan fingerprint density at radius 1 is 1.56 bits per heavy atom. The van der Waals surface area contributed by atoms with Gasteiger partial charge in [0.25, 0.3) is 0 Å². The Kier molecular flexibility index (Phi) is 0.745. The van der Waals surface area contributed by atoms with Gasteiger partial charge in [-0.25, -0.2) is 9.97 Å². The van der Waals surface area contributed by atoms with Crippen LogP contribution in [-0.2, 0) is 0 Å². The number of H-pyrrole nitrogens is 1. The van der Waals surface area contributed by atoms with Crippen LogP contribution in [0, 0.1) is 6.20 Å². The fourth-order valence-electron chi connectivity index (χ4n) is 0.644. The highest BCUT2D eigenvalue weighted by Crippen LogP contribution is 2.00. The summed E-state index contributed by atoms with van der Waals surface area (Å²) in [6.07, 6.45) is 5.78. The quantitative estimate of drug-likeness (QED) is 0.537. The van der Waals surface area contributed by atoms with E-state index in [9.17, 15) is 0 Å². The Balaban J connectivity index is 2.95. The molecular formula is C5H3N4. The van der Waals surface area contributed by atoms with Gasteiger partial charge in [-0.3, -0.25) is 5.10 Å². The number of nitrogens with one attached hydrogen (secondary N) is 1. The molecule has 0 saturated carbocycles. The van der Waals surface area contributed by atoms with Gasteiger partial charge in [0.1, 0.15) is 23.6 Å². The molecule has 1 radical (unpaired) electrons. The third-order valence-electron chi connectivity index (χ3n) is 1.05. The molecule has 43 valence electrons. The van der Waals surface area contributed by atoms with Gasteiger partial charge in [0.05, 0.1) is 6.20 Å². The van der Waals surface area contributed by atoms with E-state index < -0.39 is 0 Å². The lowest BCUT2D eigenvalue weighted by molar-refractivity contribution is 1.11. The molecule has 1 N–H and O–H groups in total. The third kappa shape index (κ3) is 0.561. The average molecular weight is 119 g/mol. The van der Waals surface area contributed by atoms with Crippen LogP contribution in [0.3, 0.4) is 0 Å². The van der Waals surface area contributed by atoms with Gasteiger partial charge in [-0.1, -0.05) is 0 Å². The zero-order valence-electron chi connectivity index (χ0n) is 4.50. The fourth-order valence-corrected chi connectivity index (χ4v) is 0.644. The predicted molar refractivity (Wildman–Crippen MR) is 30.5 cm³/mol. The van der Waals surface area contributed by atoms with Crippen LogP contribution in [0.5, 0.6) is 0 Å². The first kappa shape index (κ1) is 4.43. The number of aromatic nitrogens is 4. The van der Waals surface area contributed by atoms with Gasteiger partial charge in [0.2, 0.25) is 0 Å². The molecule has 0 aliphatic rings. The SMILES string of the molecule is [c]1ncnc2cn[nH]c12. The first-order chi connectivity index (χ1) is 4.47. The topological polar surface area (TPSA) is 54.5 Å². The van der Waals surface area contributed by atoms with Crippen LogP contribution in [0.2, 0.25) is 0 Å². The summed E-state index contributed by atoms with van der Waals surface area (Å²) in [4.78, 5) is 7.58. The molecule has 0 spiro atoms. The molecule has 0 amide bonds. The van der Waals surface area contributed by atoms with Crippen LogP contribution in [0.1, 0.15) is 0 Å². The fraction of sp³-hybridized carbons (Fsp3) is 0. The molecule has 2 aromatic heterocycles. The van der Waals surface area contributed by atoms with Gasteiger partial charge in [0.15, 0.2) is 0 Å². The van der Waals surface area contributed by atoms with Crippen molar-refractivity contribution >= 4 is 11.0 Å². The molecule has 9 heavy (non-hydrogen) atoms. The van der Waals surface area contributed by atoms with Crippen LogP contribution in [0.15, 0.2) is 12.5 Å². The summed E-state index contributed by atoms with van der Waals surface area (Å²) in [6, 6.07) is 0. The highest BCUT2D eigenvalue weighted by molar-refractivity contribution is 5.70. The molecule has 4 heteroatoms. The second kappa shape index (κ2) is 1.51. The highest BCUT2D eigenvalue weighted by Gasteiger charge is 1.91. The van der Waals surface area contributed by atoms with Gasteiger partial charge in [-0.2, -0.15) is 5.10 Å². The Hall–Kier alpha value is -1.45. The largest absolute Gasteiger partial charge is 0.274 e. The van der Waals surface area contributed by atoms with Crippen molar-refractivity contribution in [3.63, 3.8) is 0 Å². The lowest BCUT2D eigenvalue weighted by atomic mass is 10.5. The molecule has 0 unspecified atom stereocenters. The van der Waals surface area contributed by atoms with Crippen molar-refractivity contribution < 1.29 is 0 Å². The van der Waals surface area contributed by atoms with E-state index in [-0.39, 0.29) is 0 Å². The van der Waals surface area contributed by atoms with Crippen molar-refractivity contribution in [3.8, 4) is 0 Å². The maximum absolute atomic E-state index is 3.91. The summed E-state index contributed by atoms with van der Waals surface area (Å²) in [5.74, 6) is 0. The van der Waals surface area contributed by atoms with Gasteiger partial charge < -0.3 is 0 Å². The lowest BCUT2D eigenvalue weighted by Gasteiger charge is -1.79. The molecular weight excluding hydrogens is 116 g/mol. The summed E-state index contributed by atoms with van der Waals surface area (Å²) >= 11 is 0. The summed E-state index contributed by atoms with van der Waals surface area (Å²) < 4.78 is 0. The Morgan fingerprint density at radius 2 is 2.56 bits per heavy atom. The molecule has 2 heterocycles. The van der Waals surface area contributed by atoms with E-state index in [1.165, 1.54) is 6.33 Å². The molecule has 2 aromatic rings. The van der Waals surface area contributed by atoms with Gasteiger partial charge in [-0.05, 0) is 0 Å². The molecule has 0 saturated heterocycles. The number of aromatic amines is 1. The van der Waals surface area contributed by atoms with Gasteiger partial charge in [0, 0.05) is 0 Å². The number of rotatable bonds is 0. The molecule has 0 aliphatic heterocycles. The first-order valence-electron chi connectivity index (χ1n) is 2.48. The first-order valence-corrected chi connectivity index (χ1v) is 2.48. The molecule has 0 aromatic carbocycles. The second-order valence-electron chi connectivity index (χ2n) is 1.62. The minimum absolute atomic E-state index is 0.748. The summed E-state index contributed by atoms with van der Waals surface area (Å²) in [5.41, 5.74) is 1.54. The maximum Gasteiger partial charge on any atom is 0.120 e. The monoisotopic (exact) mass is 119 g/mol. The van der Waals surface area contributed by atoms with E-state index in [0.717, 1.165) is 11.0 Å². The minimum atomic E-state index is 0.748. The van der Waals surface area contributed by atoms with Crippen molar-refractivity contribution in [2.45, 2.75) is 0 Å². The van der Waals surface area contributed by atoms with Crippen LogP contribution in [0.25, 0.3) is 11.0 Å². The molecule has 0 fully saturated rings. The van der Waals surface area contributed by atoms with E-state index in [4.69, 9.17) is 0 Å². The van der Waals surface area contributed by atoms with Crippen LogP contribution in [-0.4, -0.2) is 20.2 Å². The van der Waals surface area contributed by atoms with Gasteiger partial charge >= 0.3 is 0 Å². The number of hydrogen-bond donors (Lipinski definition) is 1. The third-order valence-corrected chi connectivity index (χ3v) is 1.05. The van der Waals surface area contributed by atoms with Crippen LogP contribution < -0.4 is 0 Å². The summed E-state index contributed by atoms with van der Waals surface area (Å²) in [6.45, 7) is 0.